The van der Waals surface area contributed by atoms with E-state index in [-0.39, 0.29) is 30.2 Å². The molecule has 3 rings (SSSR count). The van der Waals surface area contributed by atoms with E-state index >= 15 is 0 Å². The molecule has 1 unspecified atom stereocenters. The minimum absolute atomic E-state index is 0.0119. The number of ether oxygens (including phenoxy) is 1. The van der Waals surface area contributed by atoms with Crippen LogP contribution in [0.5, 0.6) is 0 Å². The SMILES string of the molecule is CCOC(=O)C1CCCN(C(=O)CN(C)C(=O)C2(c3ccc(Br)cc3)CC2)C1. The number of amides is 2. The fourth-order valence-corrected chi connectivity index (χ4v) is 4.18. The zero-order valence-electron chi connectivity index (χ0n) is 16.4. The summed E-state index contributed by atoms with van der Waals surface area (Å²) in [4.78, 5) is 41.0. The minimum atomic E-state index is -0.495. The first-order valence-corrected chi connectivity index (χ1v) is 10.6. The van der Waals surface area contributed by atoms with E-state index in [1.165, 1.54) is 4.90 Å². The Morgan fingerprint density at radius 3 is 2.54 bits per heavy atom. The Kier molecular flexibility index (Phi) is 6.43. The molecule has 1 aliphatic carbocycles. The summed E-state index contributed by atoms with van der Waals surface area (Å²) in [6, 6.07) is 7.83. The Labute approximate surface area is 174 Å². The largest absolute Gasteiger partial charge is 0.466 e. The highest BCUT2D eigenvalue weighted by Gasteiger charge is 2.52. The first-order chi connectivity index (χ1) is 13.4. The fourth-order valence-electron chi connectivity index (χ4n) is 3.92. The predicted molar refractivity (Wildman–Crippen MR) is 109 cm³/mol. The average Bonchev–Trinajstić information content (AvgIpc) is 3.50. The molecule has 2 amide bonds. The molecule has 7 heteroatoms. The molecule has 0 N–H and O–H groups in total. The summed E-state index contributed by atoms with van der Waals surface area (Å²) in [5.41, 5.74) is 0.505. The van der Waals surface area contributed by atoms with Gasteiger partial charge >= 0.3 is 5.97 Å². The van der Waals surface area contributed by atoms with E-state index in [4.69, 9.17) is 4.74 Å². The van der Waals surface area contributed by atoms with Crippen LogP contribution in [0.1, 0.15) is 38.2 Å². The molecule has 1 atom stereocenters. The van der Waals surface area contributed by atoms with Gasteiger partial charge in [0.15, 0.2) is 0 Å². The summed E-state index contributed by atoms with van der Waals surface area (Å²) in [7, 11) is 1.69. The van der Waals surface area contributed by atoms with Crippen LogP contribution >= 0.6 is 15.9 Å². The van der Waals surface area contributed by atoms with Crippen molar-refractivity contribution in [3.8, 4) is 0 Å². The van der Waals surface area contributed by atoms with E-state index in [1.807, 2.05) is 24.3 Å². The van der Waals surface area contributed by atoms with Gasteiger partial charge in [-0.25, -0.2) is 0 Å². The Hall–Kier alpha value is -1.89. The number of likely N-dealkylation sites (tertiary alicyclic amines) is 1. The van der Waals surface area contributed by atoms with Crippen LogP contribution in [-0.4, -0.2) is 60.9 Å². The van der Waals surface area contributed by atoms with Crippen LogP contribution < -0.4 is 0 Å². The summed E-state index contributed by atoms with van der Waals surface area (Å²) < 4.78 is 6.07. The number of nitrogens with zero attached hydrogens (tertiary/aromatic N) is 2. The molecule has 1 aromatic rings. The lowest BCUT2D eigenvalue weighted by molar-refractivity contribution is -0.152. The summed E-state index contributed by atoms with van der Waals surface area (Å²) in [6.07, 6.45) is 3.13. The molecule has 0 bridgehead atoms. The Morgan fingerprint density at radius 1 is 1.25 bits per heavy atom. The van der Waals surface area contributed by atoms with Gasteiger partial charge in [-0.05, 0) is 50.3 Å². The summed E-state index contributed by atoms with van der Waals surface area (Å²) in [6.45, 7) is 3.15. The van der Waals surface area contributed by atoms with Crippen molar-refractivity contribution < 1.29 is 19.1 Å². The number of likely N-dealkylation sites (N-methyl/N-ethyl adjacent to an activating group) is 1. The third kappa shape index (κ3) is 4.40. The maximum atomic E-state index is 13.1. The number of carbonyl (C=O) groups excluding carboxylic acids is 3. The van der Waals surface area contributed by atoms with Crippen LogP contribution in [-0.2, 0) is 24.5 Å². The van der Waals surface area contributed by atoms with Gasteiger partial charge in [0.1, 0.15) is 0 Å². The number of piperidine rings is 1. The molecule has 2 aliphatic rings. The lowest BCUT2D eigenvalue weighted by Crippen LogP contribution is -2.48. The molecule has 1 aliphatic heterocycles. The first kappa shape index (κ1) is 20.8. The van der Waals surface area contributed by atoms with Gasteiger partial charge in [0, 0.05) is 24.6 Å². The smallest absolute Gasteiger partial charge is 0.310 e. The Bertz CT molecular complexity index is 745. The lowest BCUT2D eigenvalue weighted by atomic mass is 9.94. The van der Waals surface area contributed by atoms with Crippen molar-refractivity contribution in [3.63, 3.8) is 0 Å². The van der Waals surface area contributed by atoms with Crippen LogP contribution in [0.15, 0.2) is 28.7 Å². The second-order valence-corrected chi connectivity index (χ2v) is 8.60. The van der Waals surface area contributed by atoms with Crippen molar-refractivity contribution in [1.82, 2.24) is 9.80 Å². The second kappa shape index (κ2) is 8.64. The first-order valence-electron chi connectivity index (χ1n) is 9.83. The standard InChI is InChI=1S/C21H27BrN2O4/c1-3-28-19(26)15-5-4-12-24(13-15)18(25)14-23(2)20(27)21(10-11-21)16-6-8-17(22)9-7-16/h6-9,15H,3-5,10-14H2,1-2H3. The second-order valence-electron chi connectivity index (χ2n) is 7.68. The molecule has 1 saturated heterocycles. The highest BCUT2D eigenvalue weighted by atomic mass is 79.9. The number of esters is 1. The van der Waals surface area contributed by atoms with Crippen LogP contribution in [0.4, 0.5) is 0 Å². The summed E-state index contributed by atoms with van der Waals surface area (Å²) in [5, 5.41) is 0. The van der Waals surface area contributed by atoms with E-state index in [2.05, 4.69) is 15.9 Å². The van der Waals surface area contributed by atoms with Crippen molar-refractivity contribution in [2.24, 2.45) is 5.92 Å². The normalized spacial score (nSPS) is 20.4. The molecule has 1 heterocycles. The van der Waals surface area contributed by atoms with Gasteiger partial charge in [-0.2, -0.15) is 0 Å². The molecular formula is C21H27BrN2O4. The van der Waals surface area contributed by atoms with E-state index in [0.717, 1.165) is 35.7 Å². The number of hydrogen-bond acceptors (Lipinski definition) is 4. The predicted octanol–water partition coefficient (Wildman–Crippen LogP) is 2.74. The van der Waals surface area contributed by atoms with Crippen LogP contribution in [0.2, 0.25) is 0 Å². The quantitative estimate of drug-likeness (QED) is 0.624. The molecule has 1 aromatic carbocycles. The fraction of sp³-hybridized carbons (Fsp3) is 0.571. The van der Waals surface area contributed by atoms with Crippen LogP contribution in [0, 0.1) is 5.92 Å². The number of halogens is 1. The lowest BCUT2D eigenvalue weighted by Gasteiger charge is -2.33. The zero-order valence-corrected chi connectivity index (χ0v) is 18.0. The molecule has 1 saturated carbocycles. The molecule has 28 heavy (non-hydrogen) atoms. The third-order valence-electron chi connectivity index (χ3n) is 5.67. The monoisotopic (exact) mass is 450 g/mol. The highest BCUT2D eigenvalue weighted by molar-refractivity contribution is 9.10. The van der Waals surface area contributed by atoms with Crippen molar-refractivity contribution >= 4 is 33.7 Å². The summed E-state index contributed by atoms with van der Waals surface area (Å²) >= 11 is 3.42. The Morgan fingerprint density at radius 2 is 1.93 bits per heavy atom. The highest BCUT2D eigenvalue weighted by Crippen LogP contribution is 2.49. The van der Waals surface area contributed by atoms with Gasteiger partial charge in [-0.3, -0.25) is 14.4 Å². The van der Waals surface area contributed by atoms with Gasteiger partial charge in [-0.15, -0.1) is 0 Å². The zero-order chi connectivity index (χ0) is 20.3. The van der Waals surface area contributed by atoms with Crippen molar-refractivity contribution in [3.05, 3.63) is 34.3 Å². The average molecular weight is 451 g/mol. The van der Waals surface area contributed by atoms with Gasteiger partial charge in [0.05, 0.1) is 24.5 Å². The van der Waals surface area contributed by atoms with Crippen LogP contribution in [0.25, 0.3) is 0 Å². The van der Waals surface area contributed by atoms with Crippen molar-refractivity contribution in [2.45, 2.75) is 38.0 Å². The number of benzene rings is 1. The minimum Gasteiger partial charge on any atom is -0.466 e. The van der Waals surface area contributed by atoms with Gasteiger partial charge in [0.25, 0.3) is 0 Å². The third-order valence-corrected chi connectivity index (χ3v) is 6.20. The van der Waals surface area contributed by atoms with Crippen molar-refractivity contribution in [1.29, 1.82) is 0 Å². The van der Waals surface area contributed by atoms with E-state index < -0.39 is 5.41 Å². The number of rotatable bonds is 6. The van der Waals surface area contributed by atoms with Crippen LogP contribution in [0.3, 0.4) is 0 Å². The van der Waals surface area contributed by atoms with Crippen molar-refractivity contribution in [2.75, 3.05) is 33.3 Å². The van der Waals surface area contributed by atoms with E-state index in [9.17, 15) is 14.4 Å². The van der Waals surface area contributed by atoms with E-state index in [0.29, 0.717) is 19.7 Å². The molecule has 0 spiro atoms. The molecule has 2 fully saturated rings. The molecule has 0 radical (unpaired) electrons. The maximum Gasteiger partial charge on any atom is 0.310 e. The Balaban J connectivity index is 1.60. The molecule has 0 aromatic heterocycles. The van der Waals surface area contributed by atoms with Gasteiger partial charge in [0.2, 0.25) is 11.8 Å². The van der Waals surface area contributed by atoms with Gasteiger partial charge in [-0.1, -0.05) is 28.1 Å². The van der Waals surface area contributed by atoms with Gasteiger partial charge < -0.3 is 14.5 Å². The molecule has 6 nitrogen and oxygen atoms in total. The topological polar surface area (TPSA) is 66.9 Å². The summed E-state index contributed by atoms with van der Waals surface area (Å²) in [5.74, 6) is -0.633. The number of carbonyl (C=O) groups is 3. The maximum absolute atomic E-state index is 13.1. The molecular weight excluding hydrogens is 424 g/mol. The number of hydrogen-bond donors (Lipinski definition) is 0. The van der Waals surface area contributed by atoms with E-state index in [1.54, 1.807) is 18.9 Å². The molecule has 152 valence electrons.